The minimum atomic E-state index is -0.714. The highest BCUT2D eigenvalue weighted by molar-refractivity contribution is 5.69. The highest BCUT2D eigenvalue weighted by atomic mass is 16.7. The molecule has 0 unspecified atom stereocenters. The van der Waals surface area contributed by atoms with Gasteiger partial charge in [-0.3, -0.25) is 0 Å². The second-order valence-electron chi connectivity index (χ2n) is 7.18. The van der Waals surface area contributed by atoms with Crippen molar-refractivity contribution in [2.75, 3.05) is 0 Å². The van der Waals surface area contributed by atoms with E-state index in [1.165, 1.54) is 0 Å². The minimum Gasteiger partial charge on any atom is -0.444 e. The molecule has 0 bridgehead atoms. The summed E-state index contributed by atoms with van der Waals surface area (Å²) in [5.41, 5.74) is 0.582. The van der Waals surface area contributed by atoms with E-state index in [0.29, 0.717) is 5.75 Å². The van der Waals surface area contributed by atoms with E-state index in [0.717, 1.165) is 12.0 Å². The maximum atomic E-state index is 11.7. The predicted molar refractivity (Wildman–Crippen MR) is 89.2 cm³/mol. The Balaban J connectivity index is 1.83. The summed E-state index contributed by atoms with van der Waals surface area (Å²) in [5.74, 6) is 0.691. The number of ether oxygens (including phenoxy) is 3. The molecule has 2 rings (SSSR count). The molecule has 1 aromatic rings. The second-order valence-corrected chi connectivity index (χ2v) is 7.18. The van der Waals surface area contributed by atoms with Gasteiger partial charge in [-0.25, -0.2) is 9.59 Å². The van der Waals surface area contributed by atoms with Gasteiger partial charge in [-0.15, -0.1) is 0 Å². The standard InChI is InChI=1S/C18H25NO5/c1-11(2)22-17(21)23-13-8-6-12(7-9-13)14-10-15(14)19-16(20)24-18(3,4)5/h6-9,11,14-15H,10H2,1-5H3,(H,19,20)/t14-,15+/m0/s1. The van der Waals surface area contributed by atoms with Crippen molar-refractivity contribution < 1.29 is 23.8 Å². The van der Waals surface area contributed by atoms with Crippen molar-refractivity contribution in [3.8, 4) is 5.75 Å². The van der Waals surface area contributed by atoms with Crippen LogP contribution in [0.1, 0.15) is 52.5 Å². The summed E-state index contributed by atoms with van der Waals surface area (Å²) in [7, 11) is 0. The molecule has 6 heteroatoms. The zero-order chi connectivity index (χ0) is 17.9. The van der Waals surface area contributed by atoms with Crippen molar-refractivity contribution in [1.29, 1.82) is 0 Å². The third kappa shape index (κ3) is 5.76. The van der Waals surface area contributed by atoms with Crippen LogP contribution < -0.4 is 10.1 Å². The van der Waals surface area contributed by atoms with Gasteiger partial charge >= 0.3 is 12.2 Å². The van der Waals surface area contributed by atoms with Gasteiger partial charge in [0.25, 0.3) is 0 Å². The average Bonchev–Trinajstić information content (AvgIpc) is 3.15. The first-order chi connectivity index (χ1) is 11.1. The summed E-state index contributed by atoms with van der Waals surface area (Å²) in [4.78, 5) is 23.2. The molecule has 1 N–H and O–H groups in total. The lowest BCUT2D eigenvalue weighted by atomic mass is 10.1. The maximum Gasteiger partial charge on any atom is 0.514 e. The van der Waals surface area contributed by atoms with E-state index in [9.17, 15) is 9.59 Å². The summed E-state index contributed by atoms with van der Waals surface area (Å²) in [6.45, 7) is 9.02. The zero-order valence-corrected chi connectivity index (χ0v) is 14.8. The first-order valence-electron chi connectivity index (χ1n) is 8.12. The Morgan fingerprint density at radius 3 is 2.33 bits per heavy atom. The van der Waals surface area contributed by atoms with E-state index in [-0.39, 0.29) is 18.1 Å². The van der Waals surface area contributed by atoms with Crippen molar-refractivity contribution in [1.82, 2.24) is 5.32 Å². The molecule has 24 heavy (non-hydrogen) atoms. The molecule has 0 radical (unpaired) electrons. The third-order valence-corrected chi connectivity index (χ3v) is 3.33. The van der Waals surface area contributed by atoms with E-state index in [1.54, 1.807) is 26.0 Å². The summed E-state index contributed by atoms with van der Waals surface area (Å²) in [6, 6.07) is 7.30. The molecule has 1 aromatic carbocycles. The molecule has 1 aliphatic rings. The van der Waals surface area contributed by atoms with Crippen molar-refractivity contribution in [3.63, 3.8) is 0 Å². The van der Waals surface area contributed by atoms with E-state index in [1.807, 2.05) is 32.9 Å². The molecule has 2 atom stereocenters. The van der Waals surface area contributed by atoms with Crippen molar-refractivity contribution >= 4 is 12.2 Å². The third-order valence-electron chi connectivity index (χ3n) is 3.33. The molecule has 0 saturated heterocycles. The molecule has 0 spiro atoms. The number of benzene rings is 1. The van der Waals surface area contributed by atoms with Gasteiger partial charge in [0.2, 0.25) is 0 Å². The first kappa shape index (κ1) is 18.1. The van der Waals surface area contributed by atoms with Gasteiger partial charge in [-0.05, 0) is 58.7 Å². The first-order valence-corrected chi connectivity index (χ1v) is 8.12. The number of carbonyl (C=O) groups is 2. The monoisotopic (exact) mass is 335 g/mol. The number of hydrogen-bond donors (Lipinski definition) is 1. The summed E-state index contributed by atoms with van der Waals surface area (Å²) >= 11 is 0. The van der Waals surface area contributed by atoms with Crippen LogP contribution in [0.5, 0.6) is 5.75 Å². The van der Waals surface area contributed by atoms with Crippen LogP contribution in [-0.4, -0.2) is 30.0 Å². The molecule has 0 heterocycles. The van der Waals surface area contributed by atoms with Crippen LogP contribution in [0.3, 0.4) is 0 Å². The van der Waals surface area contributed by atoms with Gasteiger partial charge in [-0.1, -0.05) is 12.1 Å². The van der Waals surface area contributed by atoms with E-state index < -0.39 is 17.8 Å². The molecule has 1 fully saturated rings. The average molecular weight is 335 g/mol. The number of carbonyl (C=O) groups excluding carboxylic acids is 2. The van der Waals surface area contributed by atoms with Crippen LogP contribution in [-0.2, 0) is 9.47 Å². The predicted octanol–water partition coefficient (Wildman–Crippen LogP) is 3.99. The summed E-state index contributed by atoms with van der Waals surface area (Å²) < 4.78 is 15.2. The Morgan fingerprint density at radius 2 is 1.79 bits per heavy atom. The van der Waals surface area contributed by atoms with Crippen LogP contribution in [0.25, 0.3) is 0 Å². The highest BCUT2D eigenvalue weighted by Crippen LogP contribution is 2.41. The topological polar surface area (TPSA) is 73.9 Å². The second kappa shape index (κ2) is 7.11. The smallest absolute Gasteiger partial charge is 0.444 e. The van der Waals surface area contributed by atoms with E-state index >= 15 is 0 Å². The van der Waals surface area contributed by atoms with Crippen LogP contribution in [0.4, 0.5) is 9.59 Å². The lowest BCUT2D eigenvalue weighted by Gasteiger charge is -2.19. The Bertz CT molecular complexity index is 588. The lowest BCUT2D eigenvalue weighted by molar-refractivity contribution is 0.0522. The maximum absolute atomic E-state index is 11.7. The number of nitrogens with one attached hydrogen (secondary N) is 1. The van der Waals surface area contributed by atoms with Crippen molar-refractivity contribution in [3.05, 3.63) is 29.8 Å². The number of rotatable bonds is 4. The molecule has 1 aliphatic carbocycles. The molecule has 0 aromatic heterocycles. The SMILES string of the molecule is CC(C)OC(=O)Oc1ccc([C@@H]2C[C@H]2NC(=O)OC(C)(C)C)cc1. The Kier molecular flexibility index (Phi) is 5.36. The molecule has 0 aliphatic heterocycles. The van der Waals surface area contributed by atoms with Crippen molar-refractivity contribution in [2.45, 2.75) is 64.7 Å². The van der Waals surface area contributed by atoms with Crippen LogP contribution in [0, 0.1) is 0 Å². The van der Waals surface area contributed by atoms with E-state index in [4.69, 9.17) is 14.2 Å². The van der Waals surface area contributed by atoms with Crippen LogP contribution >= 0.6 is 0 Å². The highest BCUT2D eigenvalue weighted by Gasteiger charge is 2.40. The Labute approximate surface area is 142 Å². The fourth-order valence-corrected chi connectivity index (χ4v) is 2.28. The molecule has 132 valence electrons. The van der Waals surface area contributed by atoms with Gasteiger partial charge < -0.3 is 19.5 Å². The quantitative estimate of drug-likeness (QED) is 0.665. The van der Waals surface area contributed by atoms with Gasteiger partial charge in [0.1, 0.15) is 11.4 Å². The van der Waals surface area contributed by atoms with Gasteiger partial charge in [-0.2, -0.15) is 0 Å². The van der Waals surface area contributed by atoms with Crippen molar-refractivity contribution in [2.24, 2.45) is 0 Å². The normalized spacial score (nSPS) is 19.6. The van der Waals surface area contributed by atoms with E-state index in [2.05, 4.69) is 5.32 Å². The largest absolute Gasteiger partial charge is 0.514 e. The number of alkyl carbamates (subject to hydrolysis) is 1. The Morgan fingerprint density at radius 1 is 1.17 bits per heavy atom. The number of hydrogen-bond acceptors (Lipinski definition) is 5. The molecule has 6 nitrogen and oxygen atoms in total. The molecular weight excluding hydrogens is 310 g/mol. The molecule has 1 saturated carbocycles. The fraction of sp³-hybridized carbons (Fsp3) is 0.556. The van der Waals surface area contributed by atoms with Gasteiger partial charge in [0, 0.05) is 12.0 Å². The fourth-order valence-electron chi connectivity index (χ4n) is 2.28. The van der Waals surface area contributed by atoms with Crippen LogP contribution in [0.15, 0.2) is 24.3 Å². The summed E-state index contributed by atoms with van der Waals surface area (Å²) in [5, 5.41) is 2.86. The Hall–Kier alpha value is -2.24. The molecular formula is C18H25NO5. The van der Waals surface area contributed by atoms with Gasteiger partial charge in [0.05, 0.1) is 6.10 Å². The molecule has 1 amide bonds. The van der Waals surface area contributed by atoms with Gasteiger partial charge in [0.15, 0.2) is 0 Å². The minimum absolute atomic E-state index is 0.0810. The lowest BCUT2D eigenvalue weighted by Crippen LogP contribution is -2.34. The summed E-state index contributed by atoms with van der Waals surface area (Å²) in [6.07, 6.45) is -0.461. The van der Waals surface area contributed by atoms with Crippen LogP contribution in [0.2, 0.25) is 0 Å². The zero-order valence-electron chi connectivity index (χ0n) is 14.8. The number of amides is 1.